The summed E-state index contributed by atoms with van der Waals surface area (Å²) in [5.74, 6) is -1.97. The third kappa shape index (κ3) is 6.08. The molecule has 172 valence electrons. The lowest BCUT2D eigenvalue weighted by molar-refractivity contribution is -0.126. The summed E-state index contributed by atoms with van der Waals surface area (Å²) in [5.41, 5.74) is 3.13. The van der Waals surface area contributed by atoms with Crippen LogP contribution in [-0.4, -0.2) is 44.6 Å². The first-order chi connectivity index (χ1) is 15.7. The van der Waals surface area contributed by atoms with Gasteiger partial charge < -0.3 is 4.90 Å². The second-order valence-corrected chi connectivity index (χ2v) is 9.89. The van der Waals surface area contributed by atoms with E-state index in [1.54, 1.807) is 54.4 Å². The monoisotopic (exact) mass is 464 g/mol. The molecule has 3 aromatic rings. The molecule has 0 N–H and O–H groups in total. The van der Waals surface area contributed by atoms with E-state index in [0.717, 1.165) is 22.6 Å². The number of hydrogen-bond acceptors (Lipinski definition) is 5. The van der Waals surface area contributed by atoms with E-state index >= 15 is 0 Å². The summed E-state index contributed by atoms with van der Waals surface area (Å²) >= 11 is 0. The molecular formula is C26H28N2O4S. The van der Waals surface area contributed by atoms with Crippen LogP contribution in [-0.2, 0) is 21.1 Å². The van der Waals surface area contributed by atoms with Crippen LogP contribution in [0.4, 0.5) is 5.69 Å². The predicted molar refractivity (Wildman–Crippen MR) is 130 cm³/mol. The zero-order valence-corrected chi connectivity index (χ0v) is 19.9. The molecule has 0 saturated heterocycles. The highest BCUT2D eigenvalue weighted by molar-refractivity contribution is 7.91. The maximum absolute atomic E-state index is 13.2. The van der Waals surface area contributed by atoms with Crippen LogP contribution in [0.5, 0.6) is 0 Å². The summed E-state index contributed by atoms with van der Waals surface area (Å²) in [6.07, 6.45) is 0.902. The average molecular weight is 465 g/mol. The molecule has 0 spiro atoms. The molecule has 0 atom stereocenters. The van der Waals surface area contributed by atoms with Gasteiger partial charge in [0.2, 0.25) is 5.91 Å². The van der Waals surface area contributed by atoms with Gasteiger partial charge in [0.1, 0.15) is 5.88 Å². The second kappa shape index (κ2) is 10.4. The molecule has 3 aromatic carbocycles. The number of aryl methyl sites for hydroxylation is 2. The van der Waals surface area contributed by atoms with Gasteiger partial charge in [0.15, 0.2) is 9.84 Å². The van der Waals surface area contributed by atoms with Crippen molar-refractivity contribution in [1.82, 2.24) is 4.90 Å². The van der Waals surface area contributed by atoms with E-state index in [2.05, 4.69) is 6.92 Å². The molecule has 7 heteroatoms. The Balaban J connectivity index is 1.88. The van der Waals surface area contributed by atoms with Crippen LogP contribution in [0.2, 0.25) is 0 Å². The van der Waals surface area contributed by atoms with Crippen LogP contribution in [0.25, 0.3) is 0 Å². The number of likely N-dealkylation sites (N-methyl/N-ethyl adjacent to an activating group) is 1. The Morgan fingerprint density at radius 3 is 2.03 bits per heavy atom. The van der Waals surface area contributed by atoms with Gasteiger partial charge in [-0.05, 0) is 55.3 Å². The van der Waals surface area contributed by atoms with Crippen molar-refractivity contribution < 1.29 is 18.0 Å². The van der Waals surface area contributed by atoms with Gasteiger partial charge in [0, 0.05) is 18.3 Å². The topological polar surface area (TPSA) is 74.8 Å². The molecule has 0 saturated carbocycles. The van der Waals surface area contributed by atoms with Gasteiger partial charge in [-0.15, -0.1) is 0 Å². The summed E-state index contributed by atoms with van der Waals surface area (Å²) in [4.78, 5) is 29.0. The summed E-state index contributed by atoms with van der Waals surface area (Å²) in [6, 6.07) is 22.3. The van der Waals surface area contributed by atoms with Crippen LogP contribution in [0.15, 0.2) is 83.8 Å². The van der Waals surface area contributed by atoms with Crippen LogP contribution in [0.1, 0.15) is 28.4 Å². The number of anilines is 1. The molecule has 2 amide bonds. The Hall–Kier alpha value is -3.45. The highest BCUT2D eigenvalue weighted by Gasteiger charge is 2.30. The molecule has 0 aliphatic rings. The number of imide groups is 1. The van der Waals surface area contributed by atoms with E-state index in [9.17, 15) is 18.0 Å². The molecule has 0 radical (unpaired) electrons. The van der Waals surface area contributed by atoms with Crippen LogP contribution >= 0.6 is 0 Å². The van der Waals surface area contributed by atoms with E-state index in [4.69, 9.17) is 0 Å². The normalized spacial score (nSPS) is 11.1. The number of sulfone groups is 1. The van der Waals surface area contributed by atoms with Crippen LogP contribution in [0.3, 0.4) is 0 Å². The summed E-state index contributed by atoms with van der Waals surface area (Å²) in [5, 5.41) is 0. The number of carbonyl (C=O) groups excluding carboxylic acids is 2. The smallest absolute Gasteiger partial charge is 0.261 e. The van der Waals surface area contributed by atoms with Crippen molar-refractivity contribution in [1.29, 1.82) is 0 Å². The summed E-state index contributed by atoms with van der Waals surface area (Å²) in [6.45, 7) is 3.77. The van der Waals surface area contributed by atoms with Crippen molar-refractivity contribution in [3.05, 3.63) is 95.6 Å². The lowest BCUT2D eigenvalue weighted by Crippen LogP contribution is -2.45. The maximum atomic E-state index is 13.2. The van der Waals surface area contributed by atoms with Gasteiger partial charge >= 0.3 is 0 Å². The van der Waals surface area contributed by atoms with Gasteiger partial charge in [-0.25, -0.2) is 8.42 Å². The SMILES string of the molecule is CCc1ccc(N(C)CC(=O)N(CS(=O)(=O)c2ccc(C)cc2)C(=O)c2ccccc2)cc1. The summed E-state index contributed by atoms with van der Waals surface area (Å²) in [7, 11) is -2.18. The van der Waals surface area contributed by atoms with E-state index in [-0.39, 0.29) is 17.0 Å². The highest BCUT2D eigenvalue weighted by atomic mass is 32.2. The number of benzene rings is 3. The van der Waals surface area contributed by atoms with Crippen molar-refractivity contribution in [2.24, 2.45) is 0 Å². The van der Waals surface area contributed by atoms with Gasteiger partial charge in [-0.2, -0.15) is 0 Å². The van der Waals surface area contributed by atoms with Crippen molar-refractivity contribution in [2.45, 2.75) is 25.2 Å². The zero-order chi connectivity index (χ0) is 24.0. The fraction of sp³-hybridized carbons (Fsp3) is 0.231. The predicted octanol–water partition coefficient (Wildman–Crippen LogP) is 4.09. The minimum atomic E-state index is -3.92. The first-order valence-corrected chi connectivity index (χ1v) is 12.4. The molecule has 0 bridgehead atoms. The number of carbonyl (C=O) groups is 2. The zero-order valence-electron chi connectivity index (χ0n) is 19.1. The third-order valence-electron chi connectivity index (χ3n) is 5.40. The standard InChI is InChI=1S/C26H28N2O4S/c1-4-21-12-14-23(15-13-21)27(3)18-25(29)28(26(30)22-8-6-5-7-9-22)19-33(31,32)24-16-10-20(2)11-17-24/h5-17H,4,18-19H2,1-3H3. The Morgan fingerprint density at radius 2 is 1.45 bits per heavy atom. The van der Waals surface area contributed by atoms with Crippen molar-refractivity contribution >= 4 is 27.3 Å². The van der Waals surface area contributed by atoms with Gasteiger partial charge in [-0.1, -0.05) is 55.0 Å². The third-order valence-corrected chi connectivity index (χ3v) is 6.99. The molecule has 3 rings (SSSR count). The largest absolute Gasteiger partial charge is 0.365 e. The van der Waals surface area contributed by atoms with Crippen LogP contribution < -0.4 is 4.90 Å². The van der Waals surface area contributed by atoms with E-state index in [1.807, 2.05) is 31.2 Å². The van der Waals surface area contributed by atoms with Crippen molar-refractivity contribution in [3.63, 3.8) is 0 Å². The van der Waals surface area contributed by atoms with Crippen molar-refractivity contribution in [2.75, 3.05) is 24.4 Å². The molecule has 0 fully saturated rings. The fourth-order valence-corrected chi connectivity index (χ4v) is 4.64. The molecule has 0 aliphatic heterocycles. The Labute approximate surface area is 195 Å². The second-order valence-electron chi connectivity index (χ2n) is 7.93. The lowest BCUT2D eigenvalue weighted by Gasteiger charge is -2.25. The highest BCUT2D eigenvalue weighted by Crippen LogP contribution is 2.18. The molecule has 0 aromatic heterocycles. The van der Waals surface area contributed by atoms with Crippen molar-refractivity contribution in [3.8, 4) is 0 Å². The van der Waals surface area contributed by atoms with Gasteiger partial charge in [0.25, 0.3) is 5.91 Å². The number of nitrogens with zero attached hydrogens (tertiary/aromatic N) is 2. The molecule has 0 aliphatic carbocycles. The number of amides is 2. The Kier molecular flexibility index (Phi) is 7.66. The maximum Gasteiger partial charge on any atom is 0.261 e. The first-order valence-electron chi connectivity index (χ1n) is 10.7. The minimum Gasteiger partial charge on any atom is -0.365 e. The van der Waals surface area contributed by atoms with E-state index in [0.29, 0.717) is 0 Å². The first kappa shape index (κ1) is 24.2. The lowest BCUT2D eigenvalue weighted by atomic mass is 10.1. The fourth-order valence-electron chi connectivity index (χ4n) is 3.34. The molecular weight excluding hydrogens is 436 g/mol. The molecule has 0 unspecified atom stereocenters. The number of hydrogen-bond donors (Lipinski definition) is 0. The quantitative estimate of drug-likeness (QED) is 0.502. The van der Waals surface area contributed by atoms with Gasteiger partial charge in [0.05, 0.1) is 11.4 Å². The molecule has 33 heavy (non-hydrogen) atoms. The van der Waals surface area contributed by atoms with Gasteiger partial charge in [-0.3, -0.25) is 14.5 Å². The molecule has 0 heterocycles. The molecule has 6 nitrogen and oxygen atoms in total. The summed E-state index contributed by atoms with van der Waals surface area (Å²) < 4.78 is 26.1. The Morgan fingerprint density at radius 1 is 0.848 bits per heavy atom. The average Bonchev–Trinajstić information content (AvgIpc) is 2.83. The van der Waals surface area contributed by atoms with Crippen LogP contribution in [0, 0.1) is 6.92 Å². The minimum absolute atomic E-state index is 0.0651. The van der Waals surface area contributed by atoms with E-state index < -0.39 is 27.5 Å². The van der Waals surface area contributed by atoms with E-state index in [1.165, 1.54) is 17.7 Å². The number of rotatable bonds is 8. The Bertz CT molecular complexity index is 1210.